The van der Waals surface area contributed by atoms with Crippen molar-refractivity contribution in [1.29, 1.82) is 0 Å². The maximum atomic E-state index is 13.0. The van der Waals surface area contributed by atoms with Gasteiger partial charge in [0.05, 0.1) is 11.3 Å². The Hall–Kier alpha value is -3.36. The average Bonchev–Trinajstić information content (AvgIpc) is 3.28. The maximum absolute atomic E-state index is 13.0. The first-order valence-electron chi connectivity index (χ1n) is 9.61. The van der Waals surface area contributed by atoms with Gasteiger partial charge >= 0.3 is 0 Å². The number of hydrogen-bond donors (Lipinski definition) is 1. The highest BCUT2D eigenvalue weighted by molar-refractivity contribution is 7.99. The lowest BCUT2D eigenvalue weighted by molar-refractivity contribution is 0.102. The molecule has 0 radical (unpaired) electrons. The number of carbonyl (C=O) groups excluding carboxylic acids is 1. The number of benzene rings is 2. The highest BCUT2D eigenvalue weighted by atomic mass is 32.2. The number of rotatable bonds is 5. The number of nitrogens with zero attached hydrogens (tertiary/aromatic N) is 2. The minimum atomic E-state index is -0.248. The van der Waals surface area contributed by atoms with Gasteiger partial charge in [0.25, 0.3) is 5.91 Å². The second kappa shape index (κ2) is 8.79. The minimum absolute atomic E-state index is 0.248. The van der Waals surface area contributed by atoms with Crippen LogP contribution in [0.2, 0.25) is 0 Å². The Morgan fingerprint density at radius 3 is 2.71 bits per heavy atom. The molecule has 1 aliphatic heterocycles. The molecule has 0 atom stereocenters. The Morgan fingerprint density at radius 2 is 1.84 bits per heavy atom. The molecule has 0 saturated heterocycles. The molecule has 0 saturated carbocycles. The fourth-order valence-corrected chi connectivity index (χ4v) is 4.71. The van der Waals surface area contributed by atoms with E-state index in [0.29, 0.717) is 34.7 Å². The van der Waals surface area contributed by atoms with E-state index in [2.05, 4.69) is 15.3 Å². The van der Waals surface area contributed by atoms with Crippen LogP contribution in [0.5, 0.6) is 11.5 Å². The van der Waals surface area contributed by atoms with Gasteiger partial charge < -0.3 is 9.47 Å². The van der Waals surface area contributed by atoms with E-state index < -0.39 is 0 Å². The summed E-state index contributed by atoms with van der Waals surface area (Å²) >= 11 is 2.80. The molecule has 2 aromatic heterocycles. The Labute approximate surface area is 187 Å². The van der Waals surface area contributed by atoms with E-state index in [0.717, 1.165) is 21.9 Å². The molecule has 1 N–H and O–H groups in total. The number of nitrogens with one attached hydrogen (secondary N) is 1. The molecule has 1 aliphatic rings. The van der Waals surface area contributed by atoms with Crippen molar-refractivity contribution >= 4 is 34.1 Å². The van der Waals surface area contributed by atoms with Gasteiger partial charge in [-0.1, -0.05) is 42.1 Å². The molecule has 5 rings (SSSR count). The third-order valence-electron chi connectivity index (χ3n) is 4.54. The summed E-state index contributed by atoms with van der Waals surface area (Å²) in [4.78, 5) is 22.8. The van der Waals surface area contributed by atoms with Crippen LogP contribution >= 0.6 is 23.1 Å². The summed E-state index contributed by atoms with van der Waals surface area (Å²) < 4.78 is 11.2. The number of aromatic nitrogens is 2. The molecular weight excluding hydrogens is 430 g/mol. The second-order valence-electron chi connectivity index (χ2n) is 6.62. The van der Waals surface area contributed by atoms with E-state index in [-0.39, 0.29) is 5.91 Å². The maximum Gasteiger partial charge on any atom is 0.260 e. The quantitative estimate of drug-likeness (QED) is 0.443. The first-order chi connectivity index (χ1) is 15.3. The van der Waals surface area contributed by atoms with Gasteiger partial charge in [-0.25, -0.2) is 9.97 Å². The molecule has 0 unspecified atom stereocenters. The van der Waals surface area contributed by atoms with E-state index in [4.69, 9.17) is 9.47 Å². The van der Waals surface area contributed by atoms with Crippen LogP contribution in [-0.4, -0.2) is 29.1 Å². The molecule has 0 bridgehead atoms. The Bertz CT molecular complexity index is 1230. The van der Waals surface area contributed by atoms with E-state index in [1.165, 1.54) is 23.1 Å². The standard InChI is InChI=1S/C23H17N3O3S2/c27-21(26-23-25-18(14-30-23)15-5-2-1-3-6-15)17-7-4-10-24-22(17)31-16-8-9-19-20(13-16)29-12-11-28-19/h1-10,13-14H,11-12H2,(H,25,26,27). The molecule has 3 heterocycles. The number of ether oxygens (including phenoxy) is 2. The van der Waals surface area contributed by atoms with Crippen molar-refractivity contribution in [2.45, 2.75) is 9.92 Å². The number of hydrogen-bond acceptors (Lipinski definition) is 7. The lowest BCUT2D eigenvalue weighted by atomic mass is 10.2. The summed E-state index contributed by atoms with van der Waals surface area (Å²) in [5, 5.41) is 5.98. The number of anilines is 1. The molecule has 0 spiro atoms. The average molecular weight is 448 g/mol. The number of pyridine rings is 1. The van der Waals surface area contributed by atoms with Crippen molar-refractivity contribution in [3.8, 4) is 22.8 Å². The summed E-state index contributed by atoms with van der Waals surface area (Å²) in [7, 11) is 0. The molecule has 8 heteroatoms. The Balaban J connectivity index is 1.34. The van der Waals surface area contributed by atoms with Crippen LogP contribution in [-0.2, 0) is 0 Å². The Kier molecular flexibility index (Phi) is 5.56. The molecule has 1 amide bonds. The zero-order chi connectivity index (χ0) is 21.0. The third kappa shape index (κ3) is 4.40. The van der Waals surface area contributed by atoms with Crippen molar-refractivity contribution < 1.29 is 14.3 Å². The van der Waals surface area contributed by atoms with Crippen molar-refractivity contribution in [3.05, 3.63) is 77.8 Å². The zero-order valence-electron chi connectivity index (χ0n) is 16.3. The van der Waals surface area contributed by atoms with Gasteiger partial charge in [0.15, 0.2) is 16.6 Å². The molecule has 0 fully saturated rings. The first-order valence-corrected chi connectivity index (χ1v) is 11.3. The van der Waals surface area contributed by atoms with Crippen LogP contribution in [0.25, 0.3) is 11.3 Å². The molecule has 6 nitrogen and oxygen atoms in total. The molecule has 2 aromatic carbocycles. The first kappa shape index (κ1) is 19.6. The fraction of sp³-hybridized carbons (Fsp3) is 0.0870. The molecule has 31 heavy (non-hydrogen) atoms. The molecule has 4 aromatic rings. The van der Waals surface area contributed by atoms with Gasteiger partial charge in [0, 0.05) is 22.0 Å². The summed E-state index contributed by atoms with van der Waals surface area (Å²) in [5.41, 5.74) is 2.33. The number of fused-ring (bicyclic) bond motifs is 1. The van der Waals surface area contributed by atoms with Gasteiger partial charge in [0.1, 0.15) is 18.2 Å². The number of carbonyl (C=O) groups is 1. The van der Waals surface area contributed by atoms with Crippen molar-refractivity contribution in [2.75, 3.05) is 18.5 Å². The summed E-state index contributed by atoms with van der Waals surface area (Å²) in [5.74, 6) is 1.18. The van der Waals surface area contributed by atoms with Gasteiger partial charge in [-0.05, 0) is 30.3 Å². The molecular formula is C23H17N3O3S2. The van der Waals surface area contributed by atoms with E-state index >= 15 is 0 Å². The van der Waals surface area contributed by atoms with E-state index in [9.17, 15) is 4.79 Å². The monoisotopic (exact) mass is 447 g/mol. The SMILES string of the molecule is O=C(Nc1nc(-c2ccccc2)cs1)c1cccnc1Sc1ccc2c(c1)OCCO2. The molecule has 154 valence electrons. The summed E-state index contributed by atoms with van der Waals surface area (Å²) in [6.07, 6.45) is 1.67. The van der Waals surface area contributed by atoms with Gasteiger partial charge in [-0.2, -0.15) is 0 Å². The van der Waals surface area contributed by atoms with Crippen LogP contribution in [0.15, 0.2) is 82.2 Å². The largest absolute Gasteiger partial charge is 0.486 e. The minimum Gasteiger partial charge on any atom is -0.486 e. The van der Waals surface area contributed by atoms with Gasteiger partial charge in [-0.3, -0.25) is 10.1 Å². The van der Waals surface area contributed by atoms with Gasteiger partial charge in [0.2, 0.25) is 0 Å². The van der Waals surface area contributed by atoms with Crippen LogP contribution in [0.3, 0.4) is 0 Å². The highest BCUT2D eigenvalue weighted by Crippen LogP contribution is 2.37. The fourth-order valence-electron chi connectivity index (χ4n) is 3.08. The summed E-state index contributed by atoms with van der Waals surface area (Å²) in [6, 6.07) is 19.1. The van der Waals surface area contributed by atoms with Crippen LogP contribution < -0.4 is 14.8 Å². The van der Waals surface area contributed by atoms with Crippen LogP contribution in [0.4, 0.5) is 5.13 Å². The topological polar surface area (TPSA) is 73.3 Å². The number of amides is 1. The number of thiazole rings is 1. The zero-order valence-corrected chi connectivity index (χ0v) is 17.9. The van der Waals surface area contributed by atoms with E-state index in [1.54, 1.807) is 18.3 Å². The predicted octanol–water partition coefficient (Wildman–Crippen LogP) is 5.38. The Morgan fingerprint density at radius 1 is 1.00 bits per heavy atom. The van der Waals surface area contributed by atoms with Crippen LogP contribution in [0.1, 0.15) is 10.4 Å². The van der Waals surface area contributed by atoms with Gasteiger partial charge in [-0.15, -0.1) is 11.3 Å². The normalized spacial score (nSPS) is 12.4. The smallest absolute Gasteiger partial charge is 0.260 e. The lowest BCUT2D eigenvalue weighted by Gasteiger charge is -2.18. The molecule has 0 aliphatic carbocycles. The van der Waals surface area contributed by atoms with Crippen molar-refractivity contribution in [1.82, 2.24) is 9.97 Å². The summed E-state index contributed by atoms with van der Waals surface area (Å²) in [6.45, 7) is 1.07. The second-order valence-corrected chi connectivity index (χ2v) is 8.54. The highest BCUT2D eigenvalue weighted by Gasteiger charge is 2.17. The lowest BCUT2D eigenvalue weighted by Crippen LogP contribution is -2.15. The van der Waals surface area contributed by atoms with Crippen LogP contribution in [0, 0.1) is 0 Å². The van der Waals surface area contributed by atoms with E-state index in [1.807, 2.05) is 53.9 Å². The van der Waals surface area contributed by atoms with Crippen molar-refractivity contribution in [3.63, 3.8) is 0 Å². The van der Waals surface area contributed by atoms with Crippen molar-refractivity contribution in [2.24, 2.45) is 0 Å². The third-order valence-corrected chi connectivity index (χ3v) is 6.30. The predicted molar refractivity (Wildman–Crippen MR) is 121 cm³/mol.